The Hall–Kier alpha value is -4.18. The van der Waals surface area contributed by atoms with Crippen LogP contribution in [0.1, 0.15) is 36.6 Å². The first-order valence-corrected chi connectivity index (χ1v) is 14.2. The van der Waals surface area contributed by atoms with Gasteiger partial charge in [0.05, 0.1) is 23.8 Å². The summed E-state index contributed by atoms with van der Waals surface area (Å²) in [6.07, 6.45) is 0. The normalized spacial score (nSPS) is 21.5. The Morgan fingerprint density at radius 1 is 1.00 bits per heavy atom. The Labute approximate surface area is 228 Å². The van der Waals surface area contributed by atoms with Crippen molar-refractivity contribution >= 4 is 27.2 Å². The molecule has 0 fully saturated rings. The maximum absolute atomic E-state index is 14.1. The van der Waals surface area contributed by atoms with Crippen molar-refractivity contribution in [2.45, 2.75) is 25.3 Å². The molecule has 3 aromatic rings. The largest absolute Gasteiger partial charge is 0.497 e. The first kappa shape index (κ1) is 26.4. The first-order valence-electron chi connectivity index (χ1n) is 12.7. The lowest BCUT2D eigenvalue weighted by Gasteiger charge is -2.41. The number of nitrogens with zero attached hydrogens (tertiary/aromatic N) is 4. The van der Waals surface area contributed by atoms with Crippen LogP contribution in [0.25, 0.3) is 5.70 Å². The number of nitro benzene ring substituents is 1. The highest BCUT2D eigenvalue weighted by molar-refractivity contribution is 7.95. The maximum Gasteiger partial charge on any atom is 0.283 e. The average Bonchev–Trinajstić information content (AvgIpc) is 3.36. The van der Waals surface area contributed by atoms with Crippen LogP contribution in [0.5, 0.6) is 5.75 Å². The monoisotopic (exact) mass is 546 g/mol. The van der Waals surface area contributed by atoms with Crippen molar-refractivity contribution in [1.82, 2.24) is 9.80 Å². The van der Waals surface area contributed by atoms with E-state index < -0.39 is 26.4 Å². The highest BCUT2D eigenvalue weighted by Gasteiger charge is 2.65. The minimum Gasteiger partial charge on any atom is -0.497 e. The van der Waals surface area contributed by atoms with Gasteiger partial charge < -0.3 is 14.5 Å². The number of sulfonamides is 1. The molecular weight excluding hydrogens is 516 g/mol. The van der Waals surface area contributed by atoms with E-state index in [2.05, 4.69) is 4.40 Å². The maximum atomic E-state index is 14.1. The molecule has 0 spiro atoms. The van der Waals surface area contributed by atoms with Gasteiger partial charge in [0, 0.05) is 32.3 Å². The molecule has 202 valence electrons. The molecule has 9 nitrogen and oxygen atoms in total. The number of hydrogen-bond acceptors (Lipinski definition) is 7. The zero-order valence-electron chi connectivity index (χ0n) is 22.2. The van der Waals surface area contributed by atoms with Gasteiger partial charge in [-0.15, -0.1) is 4.40 Å². The smallest absolute Gasteiger partial charge is 0.283 e. The van der Waals surface area contributed by atoms with Crippen LogP contribution in [0.15, 0.2) is 88.2 Å². The molecule has 0 bridgehead atoms. The van der Waals surface area contributed by atoms with Gasteiger partial charge >= 0.3 is 0 Å². The Bertz CT molecular complexity index is 1560. The second kappa shape index (κ2) is 9.85. The van der Waals surface area contributed by atoms with Gasteiger partial charge in [0.1, 0.15) is 21.9 Å². The molecule has 2 aliphatic heterocycles. The fourth-order valence-corrected chi connectivity index (χ4v) is 7.77. The van der Waals surface area contributed by atoms with Gasteiger partial charge in [0.2, 0.25) is 0 Å². The van der Waals surface area contributed by atoms with Crippen molar-refractivity contribution < 1.29 is 18.1 Å². The van der Waals surface area contributed by atoms with Crippen LogP contribution in [-0.2, 0) is 15.4 Å². The van der Waals surface area contributed by atoms with Gasteiger partial charge in [0.15, 0.2) is 0 Å². The highest BCUT2D eigenvalue weighted by Crippen LogP contribution is 2.61. The van der Waals surface area contributed by atoms with Gasteiger partial charge in [0.25, 0.3) is 15.7 Å². The minimum atomic E-state index is -4.14. The van der Waals surface area contributed by atoms with Gasteiger partial charge in [-0.2, -0.15) is 8.42 Å². The number of amidine groups is 1. The van der Waals surface area contributed by atoms with Gasteiger partial charge in [-0.3, -0.25) is 10.1 Å². The van der Waals surface area contributed by atoms with E-state index in [0.717, 1.165) is 11.1 Å². The van der Waals surface area contributed by atoms with E-state index >= 15 is 0 Å². The molecule has 2 aliphatic rings. The summed E-state index contributed by atoms with van der Waals surface area (Å²) in [7, 11) is -0.676. The third kappa shape index (κ3) is 3.97. The van der Waals surface area contributed by atoms with Crippen molar-refractivity contribution in [3.63, 3.8) is 0 Å². The van der Waals surface area contributed by atoms with E-state index in [-0.39, 0.29) is 10.6 Å². The van der Waals surface area contributed by atoms with Crippen molar-refractivity contribution in [3.8, 4) is 5.75 Å². The molecule has 0 amide bonds. The number of nitro groups is 1. The third-order valence-corrected chi connectivity index (χ3v) is 9.06. The fourth-order valence-electron chi connectivity index (χ4n) is 5.96. The third-order valence-electron chi connectivity index (χ3n) is 7.62. The highest BCUT2D eigenvalue weighted by atomic mass is 32.2. The average molecular weight is 547 g/mol. The molecule has 0 saturated carbocycles. The van der Waals surface area contributed by atoms with Crippen LogP contribution in [0, 0.1) is 10.1 Å². The van der Waals surface area contributed by atoms with Crippen molar-refractivity contribution in [1.29, 1.82) is 0 Å². The summed E-state index contributed by atoms with van der Waals surface area (Å²) in [5.74, 6) is 1.12. The molecule has 0 unspecified atom stereocenters. The summed E-state index contributed by atoms with van der Waals surface area (Å²) >= 11 is 0. The summed E-state index contributed by atoms with van der Waals surface area (Å²) in [6, 6.07) is 22.8. The lowest BCUT2D eigenvalue weighted by atomic mass is 9.71. The molecule has 5 rings (SSSR count). The van der Waals surface area contributed by atoms with E-state index in [4.69, 9.17) is 4.74 Å². The molecule has 0 radical (unpaired) electrons. The SMILES string of the molecule is CCN(CC)C1=NS(=O)(=O)C2=C(c3ccc([N+](=O)[O-])cc3)N(C)[C@@H](c3ccccc3)[C@@]12c1ccc(OC)cc1. The summed E-state index contributed by atoms with van der Waals surface area (Å²) < 4.78 is 38.2. The molecule has 0 N–H and O–H groups in total. The number of rotatable bonds is 7. The number of non-ortho nitro benzene ring substituents is 1. The molecule has 0 aliphatic carbocycles. The number of methoxy groups -OCH3 is 1. The van der Waals surface area contributed by atoms with E-state index in [1.54, 1.807) is 19.2 Å². The zero-order valence-corrected chi connectivity index (χ0v) is 23.1. The van der Waals surface area contributed by atoms with E-state index in [1.165, 1.54) is 12.1 Å². The van der Waals surface area contributed by atoms with Gasteiger partial charge in [-0.05, 0) is 54.8 Å². The van der Waals surface area contributed by atoms with Crippen molar-refractivity contribution in [2.24, 2.45) is 4.40 Å². The molecule has 0 aromatic heterocycles. The van der Waals surface area contributed by atoms with Crippen LogP contribution < -0.4 is 4.74 Å². The number of benzene rings is 3. The summed E-state index contributed by atoms with van der Waals surface area (Å²) in [4.78, 5) is 15.0. The summed E-state index contributed by atoms with van der Waals surface area (Å²) in [5, 5.41) is 11.3. The van der Waals surface area contributed by atoms with Crippen LogP contribution >= 0.6 is 0 Å². The molecule has 10 heteroatoms. The van der Waals surface area contributed by atoms with Crippen LogP contribution in [0.2, 0.25) is 0 Å². The van der Waals surface area contributed by atoms with Crippen molar-refractivity contribution in [2.75, 3.05) is 27.2 Å². The van der Waals surface area contributed by atoms with Crippen LogP contribution in [-0.4, -0.2) is 56.2 Å². The standard InChI is InChI=1S/C29H30N4O5S/c1-5-32(6-2)28-29(22-14-18-24(38-4)19-15-22)26(21-10-8-7-9-11-21)31(3)25(27(29)39(36,37)30-28)20-12-16-23(17-13-20)33(34)35/h7-19,26H,5-6H2,1-4H3/t26-,29+/m0/s1. The molecule has 3 aromatic carbocycles. The summed E-state index contributed by atoms with van der Waals surface area (Å²) in [5.41, 5.74) is 1.48. The van der Waals surface area contributed by atoms with Gasteiger partial charge in [-0.25, -0.2) is 0 Å². The van der Waals surface area contributed by atoms with E-state index in [9.17, 15) is 18.5 Å². The predicted molar refractivity (Wildman–Crippen MR) is 151 cm³/mol. The van der Waals surface area contributed by atoms with Crippen molar-refractivity contribution in [3.05, 3.63) is 111 Å². The number of hydrogen-bond donors (Lipinski definition) is 0. The number of likely N-dealkylation sites (N-methyl/N-ethyl adjacent to an activating group) is 2. The molecule has 2 atom stereocenters. The van der Waals surface area contributed by atoms with E-state index in [1.807, 2.05) is 85.3 Å². The molecule has 2 heterocycles. The zero-order chi connectivity index (χ0) is 27.9. The lowest BCUT2D eigenvalue weighted by molar-refractivity contribution is -0.384. The second-order valence-corrected chi connectivity index (χ2v) is 11.0. The predicted octanol–water partition coefficient (Wildman–Crippen LogP) is 4.98. The molecular formula is C29H30N4O5S. The minimum absolute atomic E-state index is 0.0691. The van der Waals surface area contributed by atoms with Gasteiger partial charge in [-0.1, -0.05) is 42.5 Å². The fraction of sp³-hybridized carbons (Fsp3) is 0.276. The Morgan fingerprint density at radius 2 is 1.62 bits per heavy atom. The Kier molecular flexibility index (Phi) is 6.67. The first-order chi connectivity index (χ1) is 18.7. The molecule has 39 heavy (non-hydrogen) atoms. The second-order valence-electron chi connectivity index (χ2n) is 9.50. The van der Waals surface area contributed by atoms with Crippen LogP contribution in [0.4, 0.5) is 5.69 Å². The quantitative estimate of drug-likeness (QED) is 0.304. The van der Waals surface area contributed by atoms with E-state index in [0.29, 0.717) is 35.9 Å². The Morgan fingerprint density at radius 3 is 2.15 bits per heavy atom. The number of ether oxygens (including phenoxy) is 1. The number of fused-ring (bicyclic) bond motifs is 1. The molecule has 0 saturated heterocycles. The Balaban J connectivity index is 1.91. The topological polar surface area (TPSA) is 105 Å². The lowest BCUT2D eigenvalue weighted by Crippen LogP contribution is -2.49. The van der Waals surface area contributed by atoms with Crippen LogP contribution in [0.3, 0.4) is 0 Å². The summed E-state index contributed by atoms with van der Waals surface area (Å²) in [6.45, 7) is 5.09.